The summed E-state index contributed by atoms with van der Waals surface area (Å²) >= 11 is 5.22. The molecule has 0 aliphatic carbocycles. The summed E-state index contributed by atoms with van der Waals surface area (Å²) in [6.07, 6.45) is 11.5. The number of halogens is 1. The summed E-state index contributed by atoms with van der Waals surface area (Å²) in [7, 11) is 0. The van der Waals surface area contributed by atoms with E-state index >= 15 is 0 Å². The molecule has 0 radical (unpaired) electrons. The molecular formula is C23H35BrN2O2S. The van der Waals surface area contributed by atoms with Crippen molar-refractivity contribution in [1.82, 2.24) is 4.98 Å². The van der Waals surface area contributed by atoms with E-state index < -0.39 is 0 Å². The second-order valence-electron chi connectivity index (χ2n) is 8.58. The zero-order valence-electron chi connectivity index (χ0n) is 18.1. The zero-order chi connectivity index (χ0) is 21.1. The summed E-state index contributed by atoms with van der Waals surface area (Å²) in [5.41, 5.74) is 0.699. The average Bonchev–Trinajstić information content (AvgIpc) is 3.03. The minimum absolute atomic E-state index is 0.0650. The Hall–Kier alpha value is -1.14. The van der Waals surface area contributed by atoms with Gasteiger partial charge in [0.05, 0.1) is 10.2 Å². The highest BCUT2D eigenvalue weighted by atomic mass is 79.9. The first-order valence-corrected chi connectivity index (χ1v) is 12.5. The Morgan fingerprint density at radius 1 is 1.03 bits per heavy atom. The maximum absolute atomic E-state index is 11.6. The van der Waals surface area contributed by atoms with Crippen LogP contribution in [0.1, 0.15) is 85.0 Å². The lowest BCUT2D eigenvalue weighted by atomic mass is 10.1. The Labute approximate surface area is 188 Å². The van der Waals surface area contributed by atoms with Crippen LogP contribution in [0.25, 0.3) is 10.2 Å². The van der Waals surface area contributed by atoms with Gasteiger partial charge in [-0.2, -0.15) is 0 Å². The maximum atomic E-state index is 11.6. The summed E-state index contributed by atoms with van der Waals surface area (Å²) in [5, 5.41) is 4.47. The van der Waals surface area contributed by atoms with Crippen molar-refractivity contribution in [3.8, 4) is 0 Å². The summed E-state index contributed by atoms with van der Waals surface area (Å²) in [6, 6.07) is 6.21. The van der Waals surface area contributed by atoms with E-state index in [-0.39, 0.29) is 11.6 Å². The van der Waals surface area contributed by atoms with Gasteiger partial charge in [0.2, 0.25) is 0 Å². The number of hydrogen-bond acceptors (Lipinski definition) is 5. The number of carbonyl (C=O) groups is 1. The number of thiazole rings is 1. The third-order valence-electron chi connectivity index (χ3n) is 4.60. The quantitative estimate of drug-likeness (QED) is 0.234. The molecule has 2 aromatic rings. The minimum Gasteiger partial charge on any atom is -0.460 e. The Kier molecular flexibility index (Phi) is 10.4. The predicted octanol–water partition coefficient (Wildman–Crippen LogP) is 7.71. The first-order chi connectivity index (χ1) is 13.8. The van der Waals surface area contributed by atoms with Crippen LogP contribution in [0.4, 0.5) is 5.13 Å². The van der Waals surface area contributed by atoms with Crippen LogP contribution in [0.15, 0.2) is 22.7 Å². The van der Waals surface area contributed by atoms with Crippen molar-refractivity contribution in [2.75, 3.05) is 11.9 Å². The normalized spacial score (nSPS) is 11.7. The van der Waals surface area contributed by atoms with Crippen LogP contribution in [0.5, 0.6) is 0 Å². The van der Waals surface area contributed by atoms with E-state index in [0.717, 1.165) is 34.5 Å². The van der Waals surface area contributed by atoms with Gasteiger partial charge in [-0.25, -0.2) is 4.98 Å². The van der Waals surface area contributed by atoms with Gasteiger partial charge in [-0.3, -0.25) is 4.79 Å². The van der Waals surface area contributed by atoms with Gasteiger partial charge in [0.25, 0.3) is 0 Å². The van der Waals surface area contributed by atoms with Gasteiger partial charge in [0.15, 0.2) is 5.13 Å². The molecule has 0 atom stereocenters. The number of rotatable bonds is 13. The molecule has 0 aliphatic rings. The largest absolute Gasteiger partial charge is 0.460 e. The van der Waals surface area contributed by atoms with Crippen LogP contribution in [0.2, 0.25) is 0 Å². The molecule has 0 bridgehead atoms. The monoisotopic (exact) mass is 482 g/mol. The Balaban J connectivity index is 1.40. The number of nitrogens with one attached hydrogen (secondary N) is 1. The number of hydrogen-bond donors (Lipinski definition) is 1. The highest BCUT2D eigenvalue weighted by Crippen LogP contribution is 2.28. The average molecular weight is 484 g/mol. The number of nitrogens with zero attached hydrogens (tertiary/aromatic N) is 1. The summed E-state index contributed by atoms with van der Waals surface area (Å²) < 4.78 is 7.64. The highest BCUT2D eigenvalue weighted by Gasteiger charge is 2.15. The Morgan fingerprint density at radius 2 is 1.66 bits per heavy atom. The molecule has 4 nitrogen and oxygen atoms in total. The van der Waals surface area contributed by atoms with E-state index in [4.69, 9.17) is 4.74 Å². The summed E-state index contributed by atoms with van der Waals surface area (Å²) in [4.78, 5) is 16.3. The van der Waals surface area contributed by atoms with Crippen LogP contribution in [-0.2, 0) is 9.53 Å². The van der Waals surface area contributed by atoms with Crippen LogP contribution in [0, 0.1) is 0 Å². The lowest BCUT2D eigenvalue weighted by Gasteiger charge is -2.19. The summed E-state index contributed by atoms with van der Waals surface area (Å²) in [5.74, 6) is -0.0650. The van der Waals surface area contributed by atoms with Gasteiger partial charge in [-0.1, -0.05) is 72.2 Å². The number of fused-ring (bicyclic) bond motifs is 1. The van der Waals surface area contributed by atoms with Gasteiger partial charge in [-0.05, 0) is 51.8 Å². The third kappa shape index (κ3) is 10.4. The second kappa shape index (κ2) is 12.5. The van der Waals surface area contributed by atoms with Crippen LogP contribution in [0.3, 0.4) is 0 Å². The van der Waals surface area contributed by atoms with E-state index in [2.05, 4.69) is 38.4 Å². The fraction of sp³-hybridized carbons (Fsp3) is 0.652. The van der Waals surface area contributed by atoms with Gasteiger partial charge in [-0.15, -0.1) is 0 Å². The molecule has 1 aromatic carbocycles. The SMILES string of the molecule is CC(C)(C)OC(=O)CCCCCCCCCCCNc1nc2ccc(Br)cc2s1. The van der Waals surface area contributed by atoms with Gasteiger partial charge < -0.3 is 10.1 Å². The smallest absolute Gasteiger partial charge is 0.306 e. The number of carbonyl (C=O) groups excluding carboxylic acids is 1. The van der Waals surface area contributed by atoms with Crippen molar-refractivity contribution in [3.05, 3.63) is 22.7 Å². The molecule has 0 saturated carbocycles. The van der Waals surface area contributed by atoms with Crippen molar-refractivity contribution < 1.29 is 9.53 Å². The predicted molar refractivity (Wildman–Crippen MR) is 128 cm³/mol. The number of benzene rings is 1. The summed E-state index contributed by atoms with van der Waals surface area (Å²) in [6.45, 7) is 6.75. The molecule has 162 valence electrons. The molecule has 0 fully saturated rings. The van der Waals surface area contributed by atoms with E-state index in [1.807, 2.05) is 26.8 Å². The zero-order valence-corrected chi connectivity index (χ0v) is 20.5. The fourth-order valence-corrected chi connectivity index (χ4v) is 4.64. The highest BCUT2D eigenvalue weighted by molar-refractivity contribution is 9.10. The van der Waals surface area contributed by atoms with E-state index in [1.165, 1.54) is 49.6 Å². The first kappa shape index (κ1) is 24.1. The number of aromatic nitrogens is 1. The lowest BCUT2D eigenvalue weighted by Crippen LogP contribution is -2.23. The van der Waals surface area contributed by atoms with Crippen molar-refractivity contribution in [2.24, 2.45) is 0 Å². The molecular weight excluding hydrogens is 448 g/mol. The number of unbranched alkanes of at least 4 members (excludes halogenated alkanes) is 8. The molecule has 1 N–H and O–H groups in total. The molecule has 0 spiro atoms. The van der Waals surface area contributed by atoms with Crippen LogP contribution in [-0.4, -0.2) is 23.1 Å². The molecule has 0 aliphatic heterocycles. The van der Waals surface area contributed by atoms with E-state index in [0.29, 0.717) is 6.42 Å². The van der Waals surface area contributed by atoms with E-state index in [1.54, 1.807) is 11.3 Å². The Morgan fingerprint density at radius 3 is 2.31 bits per heavy atom. The van der Waals surface area contributed by atoms with E-state index in [9.17, 15) is 4.79 Å². The van der Waals surface area contributed by atoms with Gasteiger partial charge in [0.1, 0.15) is 5.60 Å². The van der Waals surface area contributed by atoms with Crippen molar-refractivity contribution in [3.63, 3.8) is 0 Å². The first-order valence-electron chi connectivity index (χ1n) is 10.9. The number of anilines is 1. The van der Waals surface area contributed by atoms with Crippen molar-refractivity contribution in [2.45, 2.75) is 90.6 Å². The molecule has 0 saturated heterocycles. The van der Waals surface area contributed by atoms with Crippen LogP contribution >= 0.6 is 27.3 Å². The Bertz CT molecular complexity index is 755. The van der Waals surface area contributed by atoms with Crippen LogP contribution < -0.4 is 5.32 Å². The minimum atomic E-state index is -0.363. The lowest BCUT2D eigenvalue weighted by molar-refractivity contribution is -0.154. The van der Waals surface area contributed by atoms with Gasteiger partial charge >= 0.3 is 5.97 Å². The van der Waals surface area contributed by atoms with Gasteiger partial charge in [0, 0.05) is 17.4 Å². The molecule has 29 heavy (non-hydrogen) atoms. The fourth-order valence-electron chi connectivity index (χ4n) is 3.19. The topological polar surface area (TPSA) is 51.2 Å². The third-order valence-corrected chi connectivity index (χ3v) is 6.07. The molecule has 1 heterocycles. The molecule has 1 aromatic heterocycles. The molecule has 6 heteroatoms. The number of ether oxygens (including phenoxy) is 1. The second-order valence-corrected chi connectivity index (χ2v) is 10.5. The van der Waals surface area contributed by atoms with Crippen molar-refractivity contribution >= 4 is 48.6 Å². The molecule has 0 amide bonds. The van der Waals surface area contributed by atoms with Crippen molar-refractivity contribution in [1.29, 1.82) is 0 Å². The number of esters is 1. The standard InChI is InChI=1S/C23H35BrN2O2S/c1-23(2,3)28-21(27)13-11-9-7-5-4-6-8-10-12-16-25-22-26-19-15-14-18(24)17-20(19)29-22/h14-15,17H,4-13,16H2,1-3H3,(H,25,26). The molecule has 2 rings (SSSR count). The maximum Gasteiger partial charge on any atom is 0.306 e. The molecule has 0 unspecified atom stereocenters.